The molecule has 1 N–H and O–H groups in total. The maximum Gasteiger partial charge on any atom is 0.349 e. The van der Waals surface area contributed by atoms with E-state index in [0.717, 1.165) is 34.6 Å². The first-order valence-electron chi connectivity index (χ1n) is 9.95. The molecule has 1 amide bonds. The highest BCUT2D eigenvalue weighted by atomic mass is 16.5. The zero-order valence-corrected chi connectivity index (χ0v) is 18.5. The number of hydrogen-bond donors (Lipinski definition) is 1. The summed E-state index contributed by atoms with van der Waals surface area (Å²) in [6.07, 6.45) is 1.52. The van der Waals surface area contributed by atoms with Gasteiger partial charge in [-0.15, -0.1) is 0 Å². The van der Waals surface area contributed by atoms with Crippen LogP contribution in [0.4, 0.5) is 5.69 Å². The zero-order valence-electron chi connectivity index (χ0n) is 18.5. The molecule has 0 atom stereocenters. The predicted molar refractivity (Wildman–Crippen MR) is 118 cm³/mol. The number of esters is 1. The highest BCUT2D eigenvalue weighted by Gasteiger charge is 2.16. The molecule has 0 aliphatic heterocycles. The van der Waals surface area contributed by atoms with E-state index >= 15 is 0 Å². The normalized spacial score (nSPS) is 11.3. The lowest BCUT2D eigenvalue weighted by Crippen LogP contribution is -2.21. The van der Waals surface area contributed by atoms with Gasteiger partial charge in [0, 0.05) is 23.6 Å². The average Bonchev–Trinajstić information content (AvgIpc) is 2.94. The number of rotatable bonds is 7. The van der Waals surface area contributed by atoms with Crippen LogP contribution in [0, 0.1) is 44.9 Å². The van der Waals surface area contributed by atoms with Crippen molar-refractivity contribution in [3.63, 3.8) is 0 Å². The van der Waals surface area contributed by atoms with Crippen LogP contribution in [0.25, 0.3) is 6.08 Å². The van der Waals surface area contributed by atoms with Crippen LogP contribution < -0.4 is 5.32 Å². The fraction of sp³-hybridized carbons (Fsp3) is 0.375. The Balaban J connectivity index is 2.05. The van der Waals surface area contributed by atoms with Gasteiger partial charge in [0.25, 0.3) is 5.91 Å². The van der Waals surface area contributed by atoms with E-state index in [9.17, 15) is 14.9 Å². The van der Waals surface area contributed by atoms with E-state index in [1.54, 1.807) is 6.07 Å². The standard InChI is InChI=1S/C24H29N3O3/c1-15(2)13-27-18(5)10-20(19(27)6)11-21(12-25)24(29)30-14-23(28)26-22-8-7-16(3)17(4)9-22/h7-11,15H,13-14H2,1-6H3,(H,26,28)/b21-11+. The van der Waals surface area contributed by atoms with Crippen LogP contribution in [0.1, 0.15) is 41.9 Å². The van der Waals surface area contributed by atoms with Crippen molar-refractivity contribution in [2.24, 2.45) is 5.92 Å². The van der Waals surface area contributed by atoms with Crippen LogP contribution >= 0.6 is 0 Å². The Labute approximate surface area is 178 Å². The van der Waals surface area contributed by atoms with Crippen LogP contribution in [-0.4, -0.2) is 23.1 Å². The lowest BCUT2D eigenvalue weighted by Gasteiger charge is -2.12. The van der Waals surface area contributed by atoms with E-state index in [1.807, 2.05) is 52.0 Å². The second kappa shape index (κ2) is 9.93. The van der Waals surface area contributed by atoms with Gasteiger partial charge in [-0.2, -0.15) is 5.26 Å². The fourth-order valence-corrected chi connectivity index (χ4v) is 3.14. The van der Waals surface area contributed by atoms with Gasteiger partial charge in [0.05, 0.1) is 0 Å². The first kappa shape index (κ1) is 23.0. The van der Waals surface area contributed by atoms with Gasteiger partial charge < -0.3 is 14.6 Å². The first-order valence-corrected chi connectivity index (χ1v) is 9.95. The number of nitriles is 1. The quantitative estimate of drug-likeness (QED) is 0.417. The Hall–Kier alpha value is -3.33. The van der Waals surface area contributed by atoms with Crippen molar-refractivity contribution in [2.45, 2.75) is 48.1 Å². The van der Waals surface area contributed by atoms with Crippen molar-refractivity contribution in [3.8, 4) is 6.07 Å². The molecule has 0 aliphatic carbocycles. The van der Waals surface area contributed by atoms with E-state index in [2.05, 4.69) is 23.7 Å². The second-order valence-electron chi connectivity index (χ2n) is 7.92. The molecule has 1 heterocycles. The summed E-state index contributed by atoms with van der Waals surface area (Å²) in [6.45, 7) is 12.6. The molecule has 2 aromatic rings. The highest BCUT2D eigenvalue weighted by Crippen LogP contribution is 2.20. The van der Waals surface area contributed by atoms with E-state index < -0.39 is 18.5 Å². The van der Waals surface area contributed by atoms with Gasteiger partial charge in [0.1, 0.15) is 11.6 Å². The number of aromatic nitrogens is 1. The maximum atomic E-state index is 12.3. The monoisotopic (exact) mass is 407 g/mol. The lowest BCUT2D eigenvalue weighted by molar-refractivity contribution is -0.142. The third kappa shape index (κ3) is 5.84. The number of benzene rings is 1. The predicted octanol–water partition coefficient (Wildman–Crippen LogP) is 4.47. The number of amides is 1. The van der Waals surface area contributed by atoms with Gasteiger partial charge in [-0.25, -0.2) is 4.79 Å². The number of aryl methyl sites for hydroxylation is 3. The number of anilines is 1. The molecular formula is C24H29N3O3. The van der Waals surface area contributed by atoms with Gasteiger partial charge >= 0.3 is 5.97 Å². The summed E-state index contributed by atoms with van der Waals surface area (Å²) in [5.41, 5.74) is 5.50. The Morgan fingerprint density at radius 2 is 1.87 bits per heavy atom. The summed E-state index contributed by atoms with van der Waals surface area (Å²) >= 11 is 0. The summed E-state index contributed by atoms with van der Waals surface area (Å²) in [5.74, 6) is -0.803. The molecule has 0 unspecified atom stereocenters. The molecule has 0 bridgehead atoms. The summed E-state index contributed by atoms with van der Waals surface area (Å²) in [4.78, 5) is 24.4. The third-order valence-corrected chi connectivity index (χ3v) is 4.93. The molecule has 158 valence electrons. The van der Waals surface area contributed by atoms with Crippen LogP contribution in [0.5, 0.6) is 0 Å². The summed E-state index contributed by atoms with van der Waals surface area (Å²) in [7, 11) is 0. The number of ether oxygens (including phenoxy) is 1. The lowest BCUT2D eigenvalue weighted by atomic mass is 10.1. The number of nitrogens with one attached hydrogen (secondary N) is 1. The molecule has 0 saturated heterocycles. The molecule has 1 aromatic heterocycles. The summed E-state index contributed by atoms with van der Waals surface area (Å²) in [5, 5.41) is 12.1. The number of hydrogen-bond acceptors (Lipinski definition) is 4. The van der Waals surface area contributed by atoms with Crippen LogP contribution in [0.3, 0.4) is 0 Å². The van der Waals surface area contributed by atoms with Crippen molar-refractivity contribution in [1.82, 2.24) is 4.57 Å². The Bertz CT molecular complexity index is 1020. The van der Waals surface area contributed by atoms with Gasteiger partial charge in [0.2, 0.25) is 0 Å². The SMILES string of the molecule is Cc1ccc(NC(=O)COC(=O)/C(C#N)=C/c2cc(C)n(CC(C)C)c2C)cc1C. The molecule has 0 fully saturated rings. The molecular weight excluding hydrogens is 378 g/mol. The van der Waals surface area contributed by atoms with Crippen molar-refractivity contribution in [1.29, 1.82) is 5.26 Å². The smallest absolute Gasteiger partial charge is 0.349 e. The molecule has 6 nitrogen and oxygen atoms in total. The minimum absolute atomic E-state index is 0.140. The highest BCUT2D eigenvalue weighted by molar-refractivity contribution is 6.00. The van der Waals surface area contributed by atoms with Gasteiger partial charge in [-0.1, -0.05) is 19.9 Å². The van der Waals surface area contributed by atoms with E-state index in [-0.39, 0.29) is 5.57 Å². The largest absolute Gasteiger partial charge is 0.451 e. The maximum absolute atomic E-state index is 12.3. The number of carbonyl (C=O) groups excluding carboxylic acids is 2. The minimum atomic E-state index is -0.818. The molecule has 0 saturated carbocycles. The van der Waals surface area contributed by atoms with Crippen LogP contribution in [-0.2, 0) is 20.9 Å². The summed E-state index contributed by atoms with van der Waals surface area (Å²) < 4.78 is 7.21. The van der Waals surface area contributed by atoms with Crippen molar-refractivity contribution >= 4 is 23.6 Å². The molecule has 1 aromatic carbocycles. The zero-order chi connectivity index (χ0) is 22.4. The molecule has 2 rings (SSSR count). The van der Waals surface area contributed by atoms with Gasteiger partial charge in [-0.3, -0.25) is 4.79 Å². The molecule has 30 heavy (non-hydrogen) atoms. The fourth-order valence-electron chi connectivity index (χ4n) is 3.14. The second-order valence-corrected chi connectivity index (χ2v) is 7.92. The van der Waals surface area contributed by atoms with Crippen molar-refractivity contribution in [3.05, 3.63) is 57.9 Å². The number of carbonyl (C=O) groups is 2. The van der Waals surface area contributed by atoms with Crippen molar-refractivity contribution in [2.75, 3.05) is 11.9 Å². The van der Waals surface area contributed by atoms with Crippen molar-refractivity contribution < 1.29 is 14.3 Å². The summed E-state index contributed by atoms with van der Waals surface area (Å²) in [6, 6.07) is 9.36. The van der Waals surface area contributed by atoms with E-state index in [0.29, 0.717) is 11.6 Å². The topological polar surface area (TPSA) is 84.1 Å². The minimum Gasteiger partial charge on any atom is -0.451 e. The van der Waals surface area contributed by atoms with Crippen LogP contribution in [0.15, 0.2) is 29.8 Å². The van der Waals surface area contributed by atoms with Gasteiger partial charge in [-0.05, 0) is 74.6 Å². The van der Waals surface area contributed by atoms with Gasteiger partial charge in [0.15, 0.2) is 6.61 Å². The molecule has 0 radical (unpaired) electrons. The third-order valence-electron chi connectivity index (χ3n) is 4.93. The molecule has 0 spiro atoms. The average molecular weight is 408 g/mol. The molecule has 6 heteroatoms. The Morgan fingerprint density at radius 1 is 1.17 bits per heavy atom. The number of nitrogens with zero attached hydrogens (tertiary/aromatic N) is 2. The van der Waals surface area contributed by atoms with E-state index in [4.69, 9.17) is 4.74 Å². The van der Waals surface area contributed by atoms with E-state index in [1.165, 1.54) is 6.08 Å². The Morgan fingerprint density at radius 3 is 2.47 bits per heavy atom. The first-order chi connectivity index (χ1) is 14.1. The Kier molecular flexibility index (Phi) is 7.60. The molecule has 0 aliphatic rings. The van der Waals surface area contributed by atoms with Crippen LogP contribution in [0.2, 0.25) is 0 Å².